The van der Waals surface area contributed by atoms with Gasteiger partial charge in [0, 0.05) is 37.7 Å². The largest absolute Gasteiger partial charge is 0.448 e. The first-order valence-corrected chi connectivity index (χ1v) is 8.79. The standard InChI is InChI=1S/C18H22N2O5/c1-12-11-20(8-9-23-12)17(22)16(21)19-13-4-5-14-15(10-13)25-18(24-14)6-2-3-7-18/h4-5,10,12H,2-3,6-9,11H2,1H3,(H,19,21). The predicted octanol–water partition coefficient (Wildman–Crippen LogP) is 1.91. The molecule has 2 amide bonds. The quantitative estimate of drug-likeness (QED) is 0.786. The zero-order valence-corrected chi connectivity index (χ0v) is 14.2. The van der Waals surface area contributed by atoms with E-state index in [0.29, 0.717) is 36.9 Å². The molecule has 1 saturated carbocycles. The number of nitrogens with zero attached hydrogens (tertiary/aromatic N) is 1. The molecule has 4 rings (SSSR count). The molecule has 0 aromatic heterocycles. The molecule has 0 radical (unpaired) electrons. The van der Waals surface area contributed by atoms with Crippen LogP contribution in [0.2, 0.25) is 0 Å². The lowest BCUT2D eigenvalue weighted by atomic mass is 10.2. The Morgan fingerprint density at radius 1 is 1.20 bits per heavy atom. The van der Waals surface area contributed by atoms with Crippen LogP contribution in [0.1, 0.15) is 32.6 Å². The van der Waals surface area contributed by atoms with Gasteiger partial charge in [-0.15, -0.1) is 0 Å². The van der Waals surface area contributed by atoms with Crippen molar-refractivity contribution >= 4 is 17.5 Å². The van der Waals surface area contributed by atoms with E-state index in [4.69, 9.17) is 14.2 Å². The molecule has 1 aromatic carbocycles. The number of morpholine rings is 1. The number of hydrogen-bond donors (Lipinski definition) is 1. The molecule has 7 nitrogen and oxygen atoms in total. The minimum Gasteiger partial charge on any atom is -0.448 e. The molecule has 1 aromatic rings. The van der Waals surface area contributed by atoms with Gasteiger partial charge in [0.2, 0.25) is 0 Å². The highest BCUT2D eigenvalue weighted by atomic mass is 16.7. The van der Waals surface area contributed by atoms with Crippen LogP contribution in [0.15, 0.2) is 18.2 Å². The molecule has 3 aliphatic rings. The number of benzene rings is 1. The van der Waals surface area contributed by atoms with E-state index in [-0.39, 0.29) is 6.10 Å². The van der Waals surface area contributed by atoms with Crippen LogP contribution < -0.4 is 14.8 Å². The highest BCUT2D eigenvalue weighted by Crippen LogP contribution is 2.47. The molecule has 7 heteroatoms. The molecule has 2 fully saturated rings. The van der Waals surface area contributed by atoms with Gasteiger partial charge in [-0.1, -0.05) is 0 Å². The van der Waals surface area contributed by atoms with Gasteiger partial charge >= 0.3 is 11.8 Å². The maximum Gasteiger partial charge on any atom is 0.313 e. The zero-order valence-electron chi connectivity index (χ0n) is 14.2. The fourth-order valence-corrected chi connectivity index (χ4v) is 3.62. The van der Waals surface area contributed by atoms with Crippen LogP contribution in [0, 0.1) is 0 Å². The number of carbonyl (C=O) groups is 2. The molecule has 0 bridgehead atoms. The van der Waals surface area contributed by atoms with E-state index in [1.54, 1.807) is 18.2 Å². The summed E-state index contributed by atoms with van der Waals surface area (Å²) in [5.74, 6) is -0.422. The number of nitrogens with one attached hydrogen (secondary N) is 1. The minimum atomic E-state index is -0.649. The van der Waals surface area contributed by atoms with E-state index in [2.05, 4.69) is 5.32 Å². The van der Waals surface area contributed by atoms with E-state index in [1.807, 2.05) is 6.92 Å². The maximum absolute atomic E-state index is 12.3. The summed E-state index contributed by atoms with van der Waals surface area (Å²) in [5.41, 5.74) is 0.525. The number of hydrogen-bond acceptors (Lipinski definition) is 5. The second-order valence-electron chi connectivity index (χ2n) is 6.87. The third kappa shape index (κ3) is 3.16. The van der Waals surface area contributed by atoms with Gasteiger partial charge in [-0.2, -0.15) is 0 Å². The molecule has 1 aliphatic carbocycles. The molecule has 1 spiro atoms. The van der Waals surface area contributed by atoms with Gasteiger partial charge in [-0.3, -0.25) is 9.59 Å². The van der Waals surface area contributed by atoms with Crippen molar-refractivity contribution in [2.24, 2.45) is 0 Å². The van der Waals surface area contributed by atoms with Crippen molar-refractivity contribution in [1.82, 2.24) is 4.90 Å². The fourth-order valence-electron chi connectivity index (χ4n) is 3.62. The van der Waals surface area contributed by atoms with E-state index in [9.17, 15) is 9.59 Å². The Morgan fingerprint density at radius 2 is 1.96 bits per heavy atom. The smallest absolute Gasteiger partial charge is 0.313 e. The lowest BCUT2D eigenvalue weighted by molar-refractivity contribution is -0.147. The Bertz CT molecular complexity index is 699. The van der Waals surface area contributed by atoms with Gasteiger partial charge in [-0.25, -0.2) is 0 Å². The number of fused-ring (bicyclic) bond motifs is 1. The Hall–Kier alpha value is -2.28. The lowest BCUT2D eigenvalue weighted by Gasteiger charge is -2.30. The summed E-state index contributed by atoms with van der Waals surface area (Å²) in [6.07, 6.45) is 3.86. The average molecular weight is 346 g/mol. The van der Waals surface area contributed by atoms with Crippen molar-refractivity contribution in [3.8, 4) is 11.5 Å². The zero-order chi connectivity index (χ0) is 17.4. The van der Waals surface area contributed by atoms with E-state index in [1.165, 1.54) is 4.90 Å². The van der Waals surface area contributed by atoms with Crippen molar-refractivity contribution in [2.75, 3.05) is 25.0 Å². The molecule has 134 valence electrons. The first-order valence-electron chi connectivity index (χ1n) is 8.79. The van der Waals surface area contributed by atoms with Crippen LogP contribution in [0.25, 0.3) is 0 Å². The number of anilines is 1. The van der Waals surface area contributed by atoms with Crippen molar-refractivity contribution in [2.45, 2.75) is 44.5 Å². The van der Waals surface area contributed by atoms with Gasteiger partial charge in [0.05, 0.1) is 12.7 Å². The summed E-state index contributed by atoms with van der Waals surface area (Å²) >= 11 is 0. The molecule has 25 heavy (non-hydrogen) atoms. The monoisotopic (exact) mass is 346 g/mol. The van der Waals surface area contributed by atoms with Crippen LogP contribution in [-0.2, 0) is 14.3 Å². The van der Waals surface area contributed by atoms with Crippen LogP contribution in [0.4, 0.5) is 5.69 Å². The summed E-state index contributed by atoms with van der Waals surface area (Å²) in [5, 5.41) is 2.66. The van der Waals surface area contributed by atoms with Crippen molar-refractivity contribution in [3.63, 3.8) is 0 Å². The third-order valence-electron chi connectivity index (χ3n) is 4.88. The summed E-state index contributed by atoms with van der Waals surface area (Å²) in [6.45, 7) is 3.19. The van der Waals surface area contributed by atoms with Crippen LogP contribution in [0.3, 0.4) is 0 Å². The van der Waals surface area contributed by atoms with Crippen molar-refractivity contribution in [3.05, 3.63) is 18.2 Å². The van der Waals surface area contributed by atoms with Gasteiger partial charge in [0.25, 0.3) is 5.79 Å². The second kappa shape index (κ2) is 6.22. The topological polar surface area (TPSA) is 77.1 Å². The fraction of sp³-hybridized carbons (Fsp3) is 0.556. The van der Waals surface area contributed by atoms with Gasteiger partial charge in [-0.05, 0) is 31.9 Å². The molecule has 1 atom stereocenters. The first kappa shape index (κ1) is 16.2. The highest BCUT2D eigenvalue weighted by molar-refractivity contribution is 6.39. The molecule has 1 N–H and O–H groups in total. The molecule has 1 unspecified atom stereocenters. The Morgan fingerprint density at radius 3 is 2.72 bits per heavy atom. The Kier molecular flexibility index (Phi) is 4.03. The molecule has 2 aliphatic heterocycles. The molecular formula is C18H22N2O5. The van der Waals surface area contributed by atoms with Crippen molar-refractivity contribution in [1.29, 1.82) is 0 Å². The summed E-state index contributed by atoms with van der Waals surface area (Å²) in [7, 11) is 0. The van der Waals surface area contributed by atoms with E-state index < -0.39 is 17.6 Å². The molecule has 1 saturated heterocycles. The highest BCUT2D eigenvalue weighted by Gasteiger charge is 2.44. The minimum absolute atomic E-state index is 0.0568. The van der Waals surface area contributed by atoms with Gasteiger partial charge in [0.15, 0.2) is 11.5 Å². The molecule has 2 heterocycles. The second-order valence-corrected chi connectivity index (χ2v) is 6.87. The number of carbonyl (C=O) groups excluding carboxylic acids is 2. The Balaban J connectivity index is 1.42. The van der Waals surface area contributed by atoms with Gasteiger partial charge < -0.3 is 24.4 Å². The summed E-state index contributed by atoms with van der Waals surface area (Å²) < 4.78 is 17.3. The summed E-state index contributed by atoms with van der Waals surface area (Å²) in [4.78, 5) is 26.1. The van der Waals surface area contributed by atoms with Crippen LogP contribution in [0.5, 0.6) is 11.5 Å². The third-order valence-corrected chi connectivity index (χ3v) is 4.88. The number of rotatable bonds is 1. The SMILES string of the molecule is CC1CN(C(=O)C(=O)Nc2ccc3c(c2)OC2(CCCC2)O3)CCO1. The van der Waals surface area contributed by atoms with Crippen molar-refractivity contribution < 1.29 is 23.8 Å². The molecular weight excluding hydrogens is 324 g/mol. The number of amides is 2. The predicted molar refractivity (Wildman–Crippen MR) is 89.5 cm³/mol. The maximum atomic E-state index is 12.3. The normalized spacial score (nSPS) is 23.7. The van der Waals surface area contributed by atoms with Crippen LogP contribution in [-0.4, -0.2) is 48.3 Å². The average Bonchev–Trinajstić information content (AvgIpc) is 3.20. The number of ether oxygens (including phenoxy) is 3. The van der Waals surface area contributed by atoms with E-state index in [0.717, 1.165) is 25.7 Å². The van der Waals surface area contributed by atoms with Crippen LogP contribution >= 0.6 is 0 Å². The van der Waals surface area contributed by atoms with Gasteiger partial charge in [0.1, 0.15) is 0 Å². The Labute approximate surface area is 146 Å². The summed E-state index contributed by atoms with van der Waals surface area (Å²) in [6, 6.07) is 5.22. The first-order chi connectivity index (χ1) is 12.0. The lowest BCUT2D eigenvalue weighted by Crippen LogP contribution is -2.48. The van der Waals surface area contributed by atoms with E-state index >= 15 is 0 Å².